The first kappa shape index (κ1) is 20.7. The van der Waals surface area contributed by atoms with E-state index in [1.165, 1.54) is 12.1 Å². The van der Waals surface area contributed by atoms with Crippen LogP contribution < -0.4 is 9.64 Å². The number of carbonyl (C=O) groups is 1. The van der Waals surface area contributed by atoms with Gasteiger partial charge in [-0.15, -0.1) is 6.58 Å². The quantitative estimate of drug-likeness (QED) is 0.738. The number of rotatable bonds is 5. The van der Waals surface area contributed by atoms with Crippen molar-refractivity contribution in [3.63, 3.8) is 0 Å². The highest BCUT2D eigenvalue weighted by atomic mass is 19.4. The zero-order valence-electron chi connectivity index (χ0n) is 16.0. The molecule has 1 aliphatic carbocycles. The van der Waals surface area contributed by atoms with E-state index in [0.717, 1.165) is 13.3 Å². The van der Waals surface area contributed by atoms with E-state index in [1.54, 1.807) is 23.1 Å². The van der Waals surface area contributed by atoms with Crippen LogP contribution >= 0.6 is 0 Å². The molecule has 1 N–H and O–H groups in total. The van der Waals surface area contributed by atoms with Crippen LogP contribution in [-0.2, 0) is 4.79 Å². The number of aliphatic hydroxyl groups is 1. The number of halogens is 3. The van der Waals surface area contributed by atoms with E-state index in [1.807, 2.05) is 0 Å². The van der Waals surface area contributed by atoms with Crippen molar-refractivity contribution in [3.05, 3.63) is 36.9 Å². The third-order valence-corrected chi connectivity index (χ3v) is 6.10. The van der Waals surface area contributed by atoms with Gasteiger partial charge in [-0.2, -0.15) is 13.2 Å². The van der Waals surface area contributed by atoms with Crippen molar-refractivity contribution in [1.29, 1.82) is 0 Å². The Balaban J connectivity index is 1.66. The van der Waals surface area contributed by atoms with Crippen molar-refractivity contribution < 1.29 is 27.8 Å². The topological polar surface area (TPSA) is 49.8 Å². The van der Waals surface area contributed by atoms with E-state index in [2.05, 4.69) is 6.58 Å². The smallest absolute Gasteiger partial charge is 0.425 e. The Morgan fingerprint density at radius 3 is 2.36 bits per heavy atom. The van der Waals surface area contributed by atoms with E-state index in [-0.39, 0.29) is 11.7 Å². The van der Waals surface area contributed by atoms with Crippen molar-refractivity contribution in [3.8, 4) is 5.75 Å². The van der Waals surface area contributed by atoms with Crippen LogP contribution in [0.3, 0.4) is 0 Å². The van der Waals surface area contributed by atoms with Crippen molar-refractivity contribution in [1.82, 2.24) is 0 Å². The first-order chi connectivity index (χ1) is 13.1. The van der Waals surface area contributed by atoms with Crippen molar-refractivity contribution in [2.75, 3.05) is 11.4 Å². The third-order valence-electron chi connectivity index (χ3n) is 6.10. The number of amides is 1. The molecule has 1 spiro atoms. The Morgan fingerprint density at radius 2 is 1.82 bits per heavy atom. The highest BCUT2D eigenvalue weighted by Crippen LogP contribution is 2.49. The molecule has 154 valence electrons. The summed E-state index contributed by atoms with van der Waals surface area (Å²) in [7, 11) is 0. The van der Waals surface area contributed by atoms with Gasteiger partial charge >= 0.3 is 6.18 Å². The number of carbonyl (C=O) groups excluding carboxylic acids is 1. The summed E-state index contributed by atoms with van der Waals surface area (Å²) in [6.07, 6.45) is -0.950. The summed E-state index contributed by atoms with van der Waals surface area (Å²) in [5, 5.41) is 10.6. The molecule has 1 atom stereocenters. The van der Waals surface area contributed by atoms with Crippen molar-refractivity contribution in [2.45, 2.75) is 63.3 Å². The van der Waals surface area contributed by atoms with Gasteiger partial charge < -0.3 is 14.7 Å². The predicted octanol–water partition coefficient (Wildman–Crippen LogP) is 4.62. The summed E-state index contributed by atoms with van der Waals surface area (Å²) >= 11 is 0. The molecule has 1 aromatic rings. The molecule has 28 heavy (non-hydrogen) atoms. The molecule has 2 aliphatic rings. The number of ether oxygens (including phenoxy) is 1. The largest absolute Gasteiger partial charge is 0.481 e. The van der Waals surface area contributed by atoms with Crippen molar-refractivity contribution >= 4 is 11.6 Å². The Labute approximate surface area is 163 Å². The third kappa shape index (κ3) is 4.04. The van der Waals surface area contributed by atoms with Crippen LogP contribution in [0.2, 0.25) is 0 Å². The lowest BCUT2D eigenvalue weighted by Gasteiger charge is -2.40. The molecule has 1 aromatic carbocycles. The van der Waals surface area contributed by atoms with Crippen LogP contribution in [0.25, 0.3) is 0 Å². The SMILES string of the molecule is C=CC[C@]1(O)CC[C@@]2(CCN(c3ccc(O[C@H](C)C(F)(F)F)cc3)C2=O)CC1. The Bertz CT molecular complexity index is 721. The van der Waals surface area contributed by atoms with Gasteiger partial charge in [-0.1, -0.05) is 6.08 Å². The van der Waals surface area contributed by atoms with Crippen LogP contribution in [0, 0.1) is 5.41 Å². The average Bonchev–Trinajstić information content (AvgIpc) is 2.95. The standard InChI is InChI=1S/C21H26F3NO3/c1-3-8-20(27)11-9-19(10-12-20)13-14-25(18(19)26)16-4-6-17(7-5-16)28-15(2)21(22,23)24/h3-7,15,27H,1,8-14H2,2H3/t15-,19-,20-/m1/s1. The average molecular weight is 397 g/mol. The summed E-state index contributed by atoms with van der Waals surface area (Å²) in [5.74, 6) is 0.146. The maximum atomic E-state index is 13.1. The Kier molecular flexibility index (Phi) is 5.49. The molecule has 1 amide bonds. The first-order valence-corrected chi connectivity index (χ1v) is 9.57. The minimum atomic E-state index is -4.43. The monoisotopic (exact) mass is 397 g/mol. The summed E-state index contributed by atoms with van der Waals surface area (Å²) < 4.78 is 42.8. The molecule has 4 nitrogen and oxygen atoms in total. The fourth-order valence-electron chi connectivity index (χ4n) is 4.17. The first-order valence-electron chi connectivity index (χ1n) is 9.57. The predicted molar refractivity (Wildman–Crippen MR) is 100 cm³/mol. The molecule has 0 radical (unpaired) electrons. The lowest BCUT2D eigenvalue weighted by Crippen LogP contribution is -2.43. The molecule has 0 bridgehead atoms. The molecule has 0 aromatic heterocycles. The zero-order chi connectivity index (χ0) is 20.6. The van der Waals surface area contributed by atoms with Crippen LogP contribution in [-0.4, -0.2) is 35.4 Å². The number of nitrogens with zero attached hydrogens (tertiary/aromatic N) is 1. The second-order valence-corrected chi connectivity index (χ2v) is 8.00. The number of alkyl halides is 3. The molecular weight excluding hydrogens is 371 g/mol. The molecule has 7 heteroatoms. The highest BCUT2D eigenvalue weighted by Gasteiger charge is 2.51. The van der Waals surface area contributed by atoms with Gasteiger partial charge in [-0.25, -0.2) is 0 Å². The normalized spacial score (nSPS) is 29.2. The van der Waals surface area contributed by atoms with Crippen LogP contribution in [0.4, 0.5) is 18.9 Å². The van der Waals surface area contributed by atoms with Gasteiger partial charge in [0.15, 0.2) is 6.10 Å². The fraction of sp³-hybridized carbons (Fsp3) is 0.571. The molecule has 1 heterocycles. The number of hydrogen-bond acceptors (Lipinski definition) is 3. The number of benzene rings is 1. The van der Waals surface area contributed by atoms with Crippen LogP contribution in [0.15, 0.2) is 36.9 Å². The number of anilines is 1. The van der Waals surface area contributed by atoms with Crippen molar-refractivity contribution in [2.24, 2.45) is 5.41 Å². The van der Waals surface area contributed by atoms with Crippen LogP contribution in [0.5, 0.6) is 5.75 Å². The summed E-state index contributed by atoms with van der Waals surface area (Å²) in [6.45, 7) is 5.21. The van der Waals surface area contributed by atoms with Gasteiger partial charge in [0, 0.05) is 12.2 Å². The second-order valence-electron chi connectivity index (χ2n) is 8.00. The van der Waals surface area contributed by atoms with Crippen LogP contribution in [0.1, 0.15) is 45.4 Å². The summed E-state index contributed by atoms with van der Waals surface area (Å²) in [5.41, 5.74) is -0.566. The number of hydrogen-bond donors (Lipinski definition) is 1. The molecule has 3 rings (SSSR count). The van der Waals surface area contributed by atoms with Gasteiger partial charge in [0.25, 0.3) is 0 Å². The van der Waals surface area contributed by atoms with Gasteiger partial charge in [-0.3, -0.25) is 4.79 Å². The lowest BCUT2D eigenvalue weighted by atomic mass is 9.67. The maximum absolute atomic E-state index is 13.1. The van der Waals surface area contributed by atoms with E-state index < -0.39 is 23.3 Å². The minimum Gasteiger partial charge on any atom is -0.481 e. The van der Waals surface area contributed by atoms with E-state index in [9.17, 15) is 23.1 Å². The second kappa shape index (κ2) is 7.43. The van der Waals surface area contributed by atoms with E-state index >= 15 is 0 Å². The van der Waals surface area contributed by atoms with Gasteiger partial charge in [0.1, 0.15) is 5.75 Å². The van der Waals surface area contributed by atoms with Gasteiger partial charge in [-0.05, 0) is 69.7 Å². The maximum Gasteiger partial charge on any atom is 0.425 e. The molecule has 2 fully saturated rings. The molecular formula is C21H26F3NO3. The highest BCUT2D eigenvalue weighted by molar-refractivity contribution is 6.00. The lowest BCUT2D eigenvalue weighted by molar-refractivity contribution is -0.189. The van der Waals surface area contributed by atoms with Gasteiger partial charge in [0.05, 0.1) is 11.0 Å². The molecule has 1 saturated carbocycles. The van der Waals surface area contributed by atoms with E-state index in [4.69, 9.17) is 4.74 Å². The Morgan fingerprint density at radius 1 is 1.21 bits per heavy atom. The molecule has 0 unspecified atom stereocenters. The molecule has 1 aliphatic heterocycles. The minimum absolute atomic E-state index is 0.0329. The summed E-state index contributed by atoms with van der Waals surface area (Å²) in [6, 6.07) is 6.15. The summed E-state index contributed by atoms with van der Waals surface area (Å²) in [4.78, 5) is 14.8. The Hall–Kier alpha value is -2.02. The molecule has 1 saturated heterocycles. The van der Waals surface area contributed by atoms with E-state index in [0.29, 0.717) is 44.3 Å². The zero-order valence-corrected chi connectivity index (χ0v) is 16.0. The fourth-order valence-corrected chi connectivity index (χ4v) is 4.17. The van der Waals surface area contributed by atoms with Gasteiger partial charge in [0.2, 0.25) is 5.91 Å².